The molecule has 1 amide bonds. The number of carbonyl (C=O) groups is 1. The monoisotopic (exact) mass is 367 g/mol. The van der Waals surface area contributed by atoms with Crippen LogP contribution in [0.5, 0.6) is 5.75 Å². The van der Waals surface area contributed by atoms with Gasteiger partial charge in [0.05, 0.1) is 12.6 Å². The fourth-order valence-electron chi connectivity index (χ4n) is 2.43. The van der Waals surface area contributed by atoms with Gasteiger partial charge in [0.2, 0.25) is 0 Å². The van der Waals surface area contributed by atoms with Crippen LogP contribution >= 0.6 is 15.9 Å². The summed E-state index contributed by atoms with van der Waals surface area (Å²) in [5.41, 5.74) is -0.443. The highest BCUT2D eigenvalue weighted by Gasteiger charge is 2.29. The molecule has 22 heavy (non-hydrogen) atoms. The lowest BCUT2D eigenvalue weighted by molar-refractivity contribution is 0.0739. The predicted octanol–water partition coefficient (Wildman–Crippen LogP) is 2.60. The normalized spacial score (nSPS) is 17.7. The van der Waals surface area contributed by atoms with Crippen LogP contribution in [0.15, 0.2) is 42.6 Å². The molecule has 2 aromatic rings. The highest BCUT2D eigenvalue weighted by atomic mass is 79.9. The molecule has 1 unspecified atom stereocenters. The maximum Gasteiger partial charge on any atom is 0.339 e. The van der Waals surface area contributed by atoms with Crippen molar-refractivity contribution in [1.29, 1.82) is 0 Å². The molecule has 0 radical (unpaired) electrons. The molecular weight excluding hydrogens is 354 g/mol. The molecule has 0 aliphatic carbocycles. The van der Waals surface area contributed by atoms with Crippen LogP contribution in [0.3, 0.4) is 0 Å². The third-order valence-electron chi connectivity index (χ3n) is 3.39. The Labute approximate surface area is 134 Å². The van der Waals surface area contributed by atoms with Crippen LogP contribution in [-0.2, 0) is 0 Å². The maximum absolute atomic E-state index is 12.3. The van der Waals surface area contributed by atoms with Crippen molar-refractivity contribution in [2.45, 2.75) is 19.4 Å². The van der Waals surface area contributed by atoms with Gasteiger partial charge in [-0.15, -0.1) is 0 Å². The van der Waals surface area contributed by atoms with E-state index in [-0.39, 0.29) is 12.0 Å². The van der Waals surface area contributed by atoms with Crippen LogP contribution in [0.4, 0.5) is 0 Å². The van der Waals surface area contributed by atoms with Gasteiger partial charge in [0.1, 0.15) is 17.6 Å². The minimum absolute atomic E-state index is 0.149. The van der Waals surface area contributed by atoms with Crippen molar-refractivity contribution in [3.63, 3.8) is 0 Å². The van der Waals surface area contributed by atoms with E-state index in [0.29, 0.717) is 41.4 Å². The summed E-state index contributed by atoms with van der Waals surface area (Å²) in [5.74, 6) is 1.09. The minimum atomic E-state index is -0.443. The zero-order valence-electron chi connectivity index (χ0n) is 11.9. The van der Waals surface area contributed by atoms with Gasteiger partial charge in [-0.25, -0.2) is 4.79 Å². The summed E-state index contributed by atoms with van der Waals surface area (Å²) >= 11 is 3.18. The van der Waals surface area contributed by atoms with Gasteiger partial charge >= 0.3 is 5.63 Å². The first-order valence-electron chi connectivity index (χ1n) is 6.84. The van der Waals surface area contributed by atoms with Crippen LogP contribution in [0, 0.1) is 6.92 Å². The van der Waals surface area contributed by atoms with E-state index in [4.69, 9.17) is 13.6 Å². The molecule has 0 bridgehead atoms. The lowest BCUT2D eigenvalue weighted by Gasteiger charge is -2.16. The number of halogens is 1. The Balaban J connectivity index is 1.65. The van der Waals surface area contributed by atoms with E-state index in [9.17, 15) is 9.59 Å². The standard InChI is InChI=1S/C15H14BrNO5/c1-9-6-11(7-14(18)20-9)21-10-4-5-17(8-10)15(19)12-2-3-13(16)22-12/h2-3,6-7,10H,4-5,8H2,1H3. The highest BCUT2D eigenvalue weighted by molar-refractivity contribution is 9.10. The quantitative estimate of drug-likeness (QED) is 0.833. The second-order valence-corrected chi connectivity index (χ2v) is 5.89. The summed E-state index contributed by atoms with van der Waals surface area (Å²) < 4.78 is 16.4. The molecule has 0 spiro atoms. The average molecular weight is 368 g/mol. The Morgan fingerprint density at radius 1 is 1.36 bits per heavy atom. The molecule has 2 aromatic heterocycles. The van der Waals surface area contributed by atoms with Gasteiger partial charge in [-0.05, 0) is 35.0 Å². The molecule has 7 heteroatoms. The van der Waals surface area contributed by atoms with Crippen molar-refractivity contribution in [2.24, 2.45) is 0 Å². The molecule has 0 saturated carbocycles. The summed E-state index contributed by atoms with van der Waals surface area (Å²) in [7, 11) is 0. The van der Waals surface area contributed by atoms with Gasteiger partial charge in [-0.1, -0.05) is 0 Å². The van der Waals surface area contributed by atoms with Gasteiger partial charge in [-0.2, -0.15) is 0 Å². The Kier molecular flexibility index (Phi) is 4.06. The number of furan rings is 1. The number of carbonyl (C=O) groups excluding carboxylic acids is 1. The van der Waals surface area contributed by atoms with Crippen molar-refractivity contribution >= 4 is 21.8 Å². The number of rotatable bonds is 3. The molecule has 3 rings (SSSR count). The van der Waals surface area contributed by atoms with E-state index in [1.165, 1.54) is 6.07 Å². The molecule has 6 nitrogen and oxygen atoms in total. The Hall–Kier alpha value is -2.02. The molecule has 0 aromatic carbocycles. The van der Waals surface area contributed by atoms with Crippen LogP contribution < -0.4 is 10.4 Å². The van der Waals surface area contributed by atoms with E-state index in [2.05, 4.69) is 15.9 Å². The van der Waals surface area contributed by atoms with E-state index >= 15 is 0 Å². The predicted molar refractivity (Wildman–Crippen MR) is 81.1 cm³/mol. The lowest BCUT2D eigenvalue weighted by atomic mass is 10.3. The number of hydrogen-bond acceptors (Lipinski definition) is 5. The molecule has 116 valence electrons. The highest BCUT2D eigenvalue weighted by Crippen LogP contribution is 2.21. The van der Waals surface area contributed by atoms with Gasteiger partial charge < -0.3 is 18.5 Å². The van der Waals surface area contributed by atoms with Gasteiger partial charge in [-0.3, -0.25) is 4.79 Å². The molecule has 3 heterocycles. The van der Waals surface area contributed by atoms with Gasteiger partial charge in [0, 0.05) is 19.0 Å². The first kappa shape index (κ1) is 14.9. The van der Waals surface area contributed by atoms with Crippen molar-refractivity contribution in [1.82, 2.24) is 4.90 Å². The van der Waals surface area contributed by atoms with Crippen molar-refractivity contribution in [2.75, 3.05) is 13.1 Å². The molecular formula is C15H14BrNO5. The van der Waals surface area contributed by atoms with E-state index < -0.39 is 5.63 Å². The Morgan fingerprint density at radius 2 is 2.18 bits per heavy atom. The zero-order valence-corrected chi connectivity index (χ0v) is 13.5. The molecule has 1 atom stereocenters. The molecule has 1 aliphatic heterocycles. The van der Waals surface area contributed by atoms with Gasteiger partial charge in [0.15, 0.2) is 10.4 Å². The third-order valence-corrected chi connectivity index (χ3v) is 3.81. The van der Waals surface area contributed by atoms with Crippen molar-refractivity contribution < 1.29 is 18.4 Å². The topological polar surface area (TPSA) is 72.9 Å². The second-order valence-electron chi connectivity index (χ2n) is 5.11. The molecule has 1 fully saturated rings. The number of aryl methyl sites for hydroxylation is 1. The fraction of sp³-hybridized carbons (Fsp3) is 0.333. The smallest absolute Gasteiger partial charge is 0.339 e. The summed E-state index contributed by atoms with van der Waals surface area (Å²) in [4.78, 5) is 25.2. The Morgan fingerprint density at radius 3 is 2.86 bits per heavy atom. The maximum atomic E-state index is 12.3. The van der Waals surface area contributed by atoms with Crippen LogP contribution in [0.1, 0.15) is 22.7 Å². The first-order chi connectivity index (χ1) is 10.5. The largest absolute Gasteiger partial charge is 0.488 e. The first-order valence-corrected chi connectivity index (χ1v) is 7.63. The summed E-state index contributed by atoms with van der Waals surface area (Å²) in [6, 6.07) is 6.28. The van der Waals surface area contributed by atoms with Crippen LogP contribution in [0.2, 0.25) is 0 Å². The zero-order chi connectivity index (χ0) is 15.7. The van der Waals surface area contributed by atoms with Crippen molar-refractivity contribution in [3.05, 3.63) is 50.9 Å². The average Bonchev–Trinajstić information content (AvgIpc) is 3.06. The fourth-order valence-corrected chi connectivity index (χ4v) is 2.74. The van der Waals surface area contributed by atoms with E-state index in [1.807, 2.05) is 0 Å². The number of hydrogen-bond donors (Lipinski definition) is 0. The number of nitrogens with zero attached hydrogens (tertiary/aromatic N) is 1. The van der Waals surface area contributed by atoms with E-state index in [0.717, 1.165) is 0 Å². The molecule has 1 aliphatic rings. The number of likely N-dealkylation sites (tertiary alicyclic amines) is 1. The molecule has 0 N–H and O–H groups in total. The summed E-state index contributed by atoms with van der Waals surface area (Å²) in [6.07, 6.45) is 0.552. The van der Waals surface area contributed by atoms with Gasteiger partial charge in [0.25, 0.3) is 5.91 Å². The number of amides is 1. The third kappa shape index (κ3) is 3.24. The van der Waals surface area contributed by atoms with E-state index in [1.54, 1.807) is 30.0 Å². The lowest BCUT2D eigenvalue weighted by Crippen LogP contribution is -2.30. The minimum Gasteiger partial charge on any atom is -0.488 e. The summed E-state index contributed by atoms with van der Waals surface area (Å²) in [5, 5.41) is 0. The van der Waals surface area contributed by atoms with Crippen LogP contribution in [0.25, 0.3) is 0 Å². The van der Waals surface area contributed by atoms with Crippen LogP contribution in [-0.4, -0.2) is 30.0 Å². The second kappa shape index (κ2) is 6.00. The molecule has 1 saturated heterocycles. The van der Waals surface area contributed by atoms with Crippen molar-refractivity contribution in [3.8, 4) is 5.75 Å². The Bertz CT molecular complexity index is 750. The SMILES string of the molecule is Cc1cc(OC2CCN(C(=O)c3ccc(Br)o3)C2)cc(=O)o1. The number of ether oxygens (including phenoxy) is 1. The summed E-state index contributed by atoms with van der Waals surface area (Å²) in [6.45, 7) is 2.73.